The van der Waals surface area contributed by atoms with Gasteiger partial charge in [0, 0.05) is 42.1 Å². The Morgan fingerprint density at radius 3 is 2.66 bits per heavy atom. The highest BCUT2D eigenvalue weighted by atomic mass is 35.5. The number of hydrogen-bond donors (Lipinski definition) is 1. The maximum absolute atomic E-state index is 13.5. The molecule has 0 radical (unpaired) electrons. The fourth-order valence-electron chi connectivity index (χ4n) is 4.07. The van der Waals surface area contributed by atoms with Gasteiger partial charge in [-0.1, -0.05) is 6.92 Å². The quantitative estimate of drug-likeness (QED) is 0.582. The van der Waals surface area contributed by atoms with Crippen molar-refractivity contribution < 1.29 is 14.3 Å². The van der Waals surface area contributed by atoms with E-state index in [-0.39, 0.29) is 18.3 Å². The molecule has 1 aromatic carbocycles. The zero-order valence-corrected chi connectivity index (χ0v) is 19.7. The second-order valence-corrected chi connectivity index (χ2v) is 8.06. The molecule has 1 aliphatic heterocycles. The van der Waals surface area contributed by atoms with Crippen LogP contribution in [0.25, 0.3) is 11.0 Å². The van der Waals surface area contributed by atoms with E-state index < -0.39 is 0 Å². The average Bonchev–Trinajstić information content (AvgIpc) is 2.78. The van der Waals surface area contributed by atoms with Gasteiger partial charge >= 0.3 is 0 Å². The highest BCUT2D eigenvalue weighted by Gasteiger charge is 2.25. The molecule has 1 aliphatic rings. The van der Waals surface area contributed by atoms with Gasteiger partial charge in [0.15, 0.2) is 17.1 Å². The lowest BCUT2D eigenvalue weighted by molar-refractivity contribution is 0.0684. The van der Waals surface area contributed by atoms with Crippen LogP contribution in [0.2, 0.25) is 0 Å². The molecule has 0 bridgehead atoms. The van der Waals surface area contributed by atoms with Crippen molar-refractivity contribution in [2.75, 3.05) is 32.6 Å². The minimum Gasteiger partial charge on any atom is -0.493 e. The van der Waals surface area contributed by atoms with Gasteiger partial charge in [-0.2, -0.15) is 0 Å². The van der Waals surface area contributed by atoms with Crippen LogP contribution in [0.15, 0.2) is 36.5 Å². The molecule has 2 aromatic heterocycles. The number of amides is 1. The average molecular weight is 457 g/mol. The number of ether oxygens (including phenoxy) is 2. The van der Waals surface area contributed by atoms with Gasteiger partial charge in [0.25, 0.3) is 5.91 Å². The topological polar surface area (TPSA) is 76.6 Å². The van der Waals surface area contributed by atoms with Crippen molar-refractivity contribution in [2.24, 2.45) is 5.92 Å². The number of fused-ring (bicyclic) bond motifs is 1. The van der Waals surface area contributed by atoms with Crippen LogP contribution in [0, 0.1) is 12.8 Å². The number of hydrogen-bond acceptors (Lipinski definition) is 6. The van der Waals surface area contributed by atoms with Gasteiger partial charge in [0.2, 0.25) is 0 Å². The molecule has 1 N–H and O–H groups in total. The summed E-state index contributed by atoms with van der Waals surface area (Å²) < 4.78 is 10.8. The first-order chi connectivity index (χ1) is 15.0. The molecule has 1 unspecified atom stereocenters. The zero-order valence-electron chi connectivity index (χ0n) is 18.8. The Hall–Kier alpha value is -3.06. The summed E-state index contributed by atoms with van der Waals surface area (Å²) in [4.78, 5) is 24.4. The number of piperidine rings is 1. The molecule has 32 heavy (non-hydrogen) atoms. The van der Waals surface area contributed by atoms with E-state index in [1.165, 1.54) is 0 Å². The number of aromatic nitrogens is 2. The summed E-state index contributed by atoms with van der Waals surface area (Å²) in [6.07, 6.45) is 3.81. The Balaban J connectivity index is 0.00000289. The zero-order chi connectivity index (χ0) is 22.0. The van der Waals surface area contributed by atoms with E-state index in [0.717, 1.165) is 42.7 Å². The van der Waals surface area contributed by atoms with E-state index >= 15 is 0 Å². The molecule has 0 aliphatic carbocycles. The van der Waals surface area contributed by atoms with Crippen LogP contribution in [0.3, 0.4) is 0 Å². The molecule has 0 spiro atoms. The molecule has 1 atom stereocenters. The third-order valence-corrected chi connectivity index (χ3v) is 5.70. The second kappa shape index (κ2) is 10.0. The van der Waals surface area contributed by atoms with Crippen molar-refractivity contribution in [3.8, 4) is 11.5 Å². The number of nitrogens with one attached hydrogen (secondary N) is 1. The number of methoxy groups -OCH3 is 2. The normalized spacial score (nSPS) is 15.8. The van der Waals surface area contributed by atoms with Crippen molar-refractivity contribution >= 4 is 40.7 Å². The number of halogens is 1. The molecule has 170 valence electrons. The first-order valence-electron chi connectivity index (χ1n) is 10.5. The highest BCUT2D eigenvalue weighted by molar-refractivity contribution is 6.07. The van der Waals surface area contributed by atoms with Gasteiger partial charge in [0.1, 0.15) is 0 Å². The van der Waals surface area contributed by atoms with Gasteiger partial charge in [-0.3, -0.25) is 4.79 Å². The van der Waals surface area contributed by atoms with Crippen molar-refractivity contribution in [1.82, 2.24) is 14.9 Å². The molecule has 4 rings (SSSR count). The van der Waals surface area contributed by atoms with E-state index in [4.69, 9.17) is 9.47 Å². The third kappa shape index (κ3) is 4.72. The van der Waals surface area contributed by atoms with Crippen LogP contribution in [-0.2, 0) is 0 Å². The molecule has 8 heteroatoms. The molecule has 1 amide bonds. The lowest BCUT2D eigenvalue weighted by atomic mass is 9.99. The molecule has 1 fully saturated rings. The summed E-state index contributed by atoms with van der Waals surface area (Å²) >= 11 is 0. The first kappa shape index (κ1) is 23.6. The Labute approximate surface area is 194 Å². The second-order valence-electron chi connectivity index (χ2n) is 8.06. The fraction of sp³-hybridized carbons (Fsp3) is 0.375. The van der Waals surface area contributed by atoms with Crippen LogP contribution in [-0.4, -0.2) is 48.1 Å². The summed E-state index contributed by atoms with van der Waals surface area (Å²) in [6.45, 7) is 5.65. The number of nitrogens with zero attached hydrogens (tertiary/aromatic N) is 3. The van der Waals surface area contributed by atoms with E-state index in [2.05, 4.69) is 22.2 Å². The third-order valence-electron chi connectivity index (χ3n) is 5.70. The van der Waals surface area contributed by atoms with Crippen molar-refractivity contribution in [1.29, 1.82) is 0 Å². The van der Waals surface area contributed by atoms with Crippen LogP contribution in [0.1, 0.15) is 35.8 Å². The van der Waals surface area contributed by atoms with Crippen molar-refractivity contribution in [2.45, 2.75) is 26.7 Å². The van der Waals surface area contributed by atoms with E-state index in [0.29, 0.717) is 34.3 Å². The Bertz CT molecular complexity index is 1120. The number of likely N-dealkylation sites (tertiary alicyclic amines) is 1. The predicted molar refractivity (Wildman–Crippen MR) is 129 cm³/mol. The van der Waals surface area contributed by atoms with Gasteiger partial charge in [-0.05, 0) is 49.9 Å². The minimum absolute atomic E-state index is 0. The number of rotatable bonds is 5. The summed E-state index contributed by atoms with van der Waals surface area (Å²) in [5.74, 6) is 1.74. The van der Waals surface area contributed by atoms with Crippen LogP contribution < -0.4 is 14.8 Å². The first-order valence-corrected chi connectivity index (χ1v) is 10.5. The minimum atomic E-state index is -0.00972. The molecule has 7 nitrogen and oxygen atoms in total. The molecular formula is C24H29ClN4O3. The lowest BCUT2D eigenvalue weighted by Gasteiger charge is -2.31. The number of benzene rings is 1. The summed E-state index contributed by atoms with van der Waals surface area (Å²) in [6, 6.07) is 9.47. The maximum atomic E-state index is 13.5. The number of anilines is 2. The number of aryl methyl sites for hydroxylation is 1. The van der Waals surface area contributed by atoms with Crippen LogP contribution >= 0.6 is 12.4 Å². The van der Waals surface area contributed by atoms with E-state index in [9.17, 15) is 4.79 Å². The number of carbonyl (C=O) groups excluding carboxylic acids is 1. The SMILES string of the molecule is COc1ccc(Nc2c(C(=O)N3CCCC(C)C3)cnc3nc(C)ccc23)cc1OC.Cl. The fourth-order valence-corrected chi connectivity index (χ4v) is 4.07. The van der Waals surface area contributed by atoms with Crippen LogP contribution in [0.4, 0.5) is 11.4 Å². The number of pyridine rings is 2. The Morgan fingerprint density at radius 1 is 1.16 bits per heavy atom. The van der Waals surface area contributed by atoms with E-state index in [1.807, 2.05) is 42.2 Å². The van der Waals surface area contributed by atoms with Gasteiger partial charge in [-0.25, -0.2) is 9.97 Å². The molecule has 3 aromatic rings. The lowest BCUT2D eigenvalue weighted by Crippen LogP contribution is -2.39. The standard InChI is InChI=1S/C24H28N4O3.ClH/c1-15-6-5-11-28(14-15)24(29)19-13-25-23-18(9-7-16(2)26-23)22(19)27-17-8-10-20(30-3)21(12-17)31-4;/h7-10,12-13,15H,5-6,11,14H2,1-4H3,(H,25,26,27);1H. The maximum Gasteiger partial charge on any atom is 0.257 e. The summed E-state index contributed by atoms with van der Waals surface area (Å²) in [7, 11) is 3.20. The predicted octanol–water partition coefficient (Wildman–Crippen LogP) is 4.99. The van der Waals surface area contributed by atoms with Gasteiger partial charge < -0.3 is 19.7 Å². The molecule has 0 saturated carbocycles. The van der Waals surface area contributed by atoms with E-state index in [1.54, 1.807) is 20.4 Å². The summed E-state index contributed by atoms with van der Waals surface area (Å²) in [5.41, 5.74) is 3.51. The van der Waals surface area contributed by atoms with Crippen molar-refractivity contribution in [3.63, 3.8) is 0 Å². The monoisotopic (exact) mass is 456 g/mol. The smallest absolute Gasteiger partial charge is 0.257 e. The summed E-state index contributed by atoms with van der Waals surface area (Å²) in [5, 5.41) is 4.23. The van der Waals surface area contributed by atoms with Crippen LogP contribution in [0.5, 0.6) is 11.5 Å². The van der Waals surface area contributed by atoms with Gasteiger partial charge in [-0.15, -0.1) is 12.4 Å². The largest absolute Gasteiger partial charge is 0.493 e. The number of carbonyl (C=O) groups is 1. The van der Waals surface area contributed by atoms with Gasteiger partial charge in [0.05, 0.1) is 25.5 Å². The molecule has 1 saturated heterocycles. The highest BCUT2D eigenvalue weighted by Crippen LogP contribution is 2.34. The molecular weight excluding hydrogens is 428 g/mol. The Morgan fingerprint density at radius 2 is 1.94 bits per heavy atom. The Kier molecular flexibility index (Phi) is 7.40. The molecule has 3 heterocycles. The van der Waals surface area contributed by atoms with Crippen molar-refractivity contribution in [3.05, 3.63) is 47.8 Å².